The van der Waals surface area contributed by atoms with Gasteiger partial charge in [-0.2, -0.15) is 0 Å². The van der Waals surface area contributed by atoms with E-state index in [0.29, 0.717) is 52.8 Å². The van der Waals surface area contributed by atoms with Crippen molar-refractivity contribution in [1.29, 1.82) is 0 Å². The molecule has 10 heteroatoms. The molecule has 1 aliphatic heterocycles. The van der Waals surface area contributed by atoms with E-state index in [1.807, 2.05) is 18.7 Å². The van der Waals surface area contributed by atoms with E-state index in [2.05, 4.69) is 30.5 Å². The van der Waals surface area contributed by atoms with E-state index in [1.165, 1.54) is 18.2 Å². The molecule has 41 heavy (non-hydrogen) atoms. The van der Waals surface area contributed by atoms with Crippen molar-refractivity contribution in [3.63, 3.8) is 0 Å². The Labute approximate surface area is 243 Å². The third-order valence-corrected chi connectivity index (χ3v) is 8.66. The Morgan fingerprint density at radius 1 is 1.22 bits per heavy atom. The first-order valence-electron chi connectivity index (χ1n) is 13.7. The Hall–Kier alpha value is -3.92. The van der Waals surface area contributed by atoms with Crippen LogP contribution >= 0.6 is 0 Å². The summed E-state index contributed by atoms with van der Waals surface area (Å²) < 4.78 is 49.4. The number of halogens is 1. The number of rotatable bonds is 8. The maximum atomic E-state index is 14.6. The van der Waals surface area contributed by atoms with Crippen molar-refractivity contribution in [3.8, 4) is 17.0 Å². The fraction of sp³-hybridized carbons (Fsp3) is 0.355. The van der Waals surface area contributed by atoms with Gasteiger partial charge in [-0.15, -0.1) is 0 Å². The van der Waals surface area contributed by atoms with Crippen LogP contribution < -0.4 is 14.4 Å². The molecule has 2 aromatic heterocycles. The number of benzene rings is 2. The van der Waals surface area contributed by atoms with Crippen molar-refractivity contribution in [2.45, 2.75) is 51.5 Å². The zero-order chi connectivity index (χ0) is 29.5. The molecule has 1 unspecified atom stereocenters. The summed E-state index contributed by atoms with van der Waals surface area (Å²) in [5, 5.41) is 0.484. The van der Waals surface area contributed by atoms with Gasteiger partial charge in [-0.1, -0.05) is 26.8 Å². The van der Waals surface area contributed by atoms with Crippen LogP contribution in [0.3, 0.4) is 0 Å². The molecule has 3 heterocycles. The van der Waals surface area contributed by atoms with Crippen LogP contribution in [0.4, 0.5) is 10.2 Å². The number of nitrogens with zero attached hydrogens (tertiary/aromatic N) is 2. The summed E-state index contributed by atoms with van der Waals surface area (Å²) in [4.78, 5) is 23.5. The van der Waals surface area contributed by atoms with Crippen molar-refractivity contribution in [2.75, 3.05) is 18.1 Å². The van der Waals surface area contributed by atoms with Crippen LogP contribution in [0.25, 0.3) is 22.2 Å². The maximum Gasteiger partial charge on any atom is 0.268 e. The fourth-order valence-electron chi connectivity index (χ4n) is 5.53. The molecule has 0 saturated carbocycles. The number of carbonyl (C=O) groups excluding carboxylic acids is 1. The van der Waals surface area contributed by atoms with Crippen LogP contribution in [0.2, 0.25) is 0 Å². The second-order valence-electron chi connectivity index (χ2n) is 11.8. The highest BCUT2D eigenvalue weighted by Crippen LogP contribution is 2.39. The van der Waals surface area contributed by atoms with Gasteiger partial charge in [0, 0.05) is 43.7 Å². The van der Waals surface area contributed by atoms with Gasteiger partial charge in [-0.25, -0.2) is 22.5 Å². The molecule has 0 spiro atoms. The normalized spacial score (nSPS) is 16.9. The minimum absolute atomic E-state index is 0. The molecule has 8 nitrogen and oxygen atoms in total. The van der Waals surface area contributed by atoms with E-state index >= 15 is 0 Å². The van der Waals surface area contributed by atoms with E-state index in [0.717, 1.165) is 6.42 Å². The molecule has 4 aromatic rings. The minimum Gasteiger partial charge on any atom is -0.493 e. The van der Waals surface area contributed by atoms with Gasteiger partial charge >= 0.3 is 0 Å². The molecule has 1 aliphatic rings. The first-order chi connectivity index (χ1) is 19.3. The number of amides is 1. The molecule has 0 aliphatic carbocycles. The van der Waals surface area contributed by atoms with Crippen molar-refractivity contribution in [2.24, 2.45) is 11.8 Å². The fourth-order valence-corrected chi connectivity index (χ4v) is 6.72. The first-order valence-corrected chi connectivity index (χ1v) is 15.2. The lowest BCUT2D eigenvalue weighted by molar-refractivity contribution is 0.0981. The van der Waals surface area contributed by atoms with Crippen LogP contribution in [0, 0.1) is 17.7 Å². The van der Waals surface area contributed by atoms with Gasteiger partial charge in [0.2, 0.25) is 0 Å². The van der Waals surface area contributed by atoms with Gasteiger partial charge in [-0.3, -0.25) is 4.79 Å². The Morgan fingerprint density at radius 3 is 2.71 bits per heavy atom. The summed E-state index contributed by atoms with van der Waals surface area (Å²) in [5.74, 6) is 0.0710. The van der Waals surface area contributed by atoms with Crippen LogP contribution in [0.5, 0.6) is 5.75 Å². The summed E-state index contributed by atoms with van der Waals surface area (Å²) in [7, 11) is -4.20. The monoisotopic (exact) mass is 582 g/mol. The second-order valence-corrected chi connectivity index (χ2v) is 13.5. The molecule has 220 valence electrons. The van der Waals surface area contributed by atoms with E-state index in [-0.39, 0.29) is 24.8 Å². The average molecular weight is 583 g/mol. The summed E-state index contributed by atoms with van der Waals surface area (Å²) >= 11 is 0. The quantitative estimate of drug-likeness (QED) is 0.241. The Bertz CT molecular complexity index is 1730. The molecular formula is C31H39FN4O4S. The largest absolute Gasteiger partial charge is 0.493 e. The number of anilines is 1. The van der Waals surface area contributed by atoms with Crippen LogP contribution in [0.1, 0.15) is 54.3 Å². The highest BCUT2D eigenvalue weighted by atomic mass is 32.2. The number of fused-ring (bicyclic) bond motifs is 1. The number of nitrogens with one attached hydrogen (secondary N) is 2. The number of H-pyrrole nitrogens is 1. The van der Waals surface area contributed by atoms with Crippen LogP contribution in [-0.2, 0) is 10.0 Å². The van der Waals surface area contributed by atoms with Crippen molar-refractivity contribution in [3.05, 3.63) is 72.2 Å². The third-order valence-electron chi connectivity index (χ3n) is 7.27. The Morgan fingerprint density at radius 2 is 2.00 bits per heavy atom. The molecule has 2 aromatic carbocycles. The van der Waals surface area contributed by atoms with Crippen LogP contribution in [0.15, 0.2) is 65.7 Å². The standard InChI is InChI=1S/C31H35FN4O4S.2H2/c1-19(2)18-40-23-14-21(13-22(32)15-23)26-10-9-25(29(34-26)36-17-20(3)16-31(36,4)5)30(37)35-41(38,39)28-8-6-7-27-24(28)11-12-33-27;;/h6-15,19-20,33H,16-18H2,1-5H3,(H,35,37);2*1H. The van der Waals surface area contributed by atoms with Crippen LogP contribution in [-0.4, -0.2) is 43.0 Å². The van der Waals surface area contributed by atoms with Crippen molar-refractivity contribution in [1.82, 2.24) is 14.7 Å². The van der Waals surface area contributed by atoms with E-state index in [4.69, 9.17) is 9.72 Å². The lowest BCUT2D eigenvalue weighted by Crippen LogP contribution is -2.41. The number of sulfonamides is 1. The third kappa shape index (κ3) is 5.93. The molecule has 1 atom stereocenters. The summed E-state index contributed by atoms with van der Waals surface area (Å²) in [5.41, 5.74) is 1.36. The zero-order valence-electron chi connectivity index (χ0n) is 23.9. The Balaban J connectivity index is 0.00000253. The number of hydrogen-bond donors (Lipinski definition) is 2. The SMILES string of the molecule is CC(C)COc1cc(F)cc(-c2ccc(C(=O)NS(=O)(=O)c3cccc4[nH]ccc34)c(N3CC(C)CC3(C)C)n2)c1.[HH].[HH]. The minimum atomic E-state index is -4.20. The number of carbonyl (C=O) groups is 1. The van der Waals surface area contributed by atoms with Crippen molar-refractivity contribution < 1.29 is 25.2 Å². The molecule has 1 amide bonds. The predicted octanol–water partition coefficient (Wildman–Crippen LogP) is 6.64. The van der Waals surface area contributed by atoms with Gasteiger partial charge in [0.1, 0.15) is 17.4 Å². The molecule has 0 bridgehead atoms. The number of ether oxygens (including phenoxy) is 1. The van der Waals surface area contributed by atoms with Gasteiger partial charge < -0.3 is 14.6 Å². The summed E-state index contributed by atoms with van der Waals surface area (Å²) in [6.07, 6.45) is 2.51. The maximum absolute atomic E-state index is 14.6. The molecule has 5 rings (SSSR count). The lowest BCUT2D eigenvalue weighted by atomic mass is 9.97. The van der Waals surface area contributed by atoms with Gasteiger partial charge in [0.05, 0.1) is 22.8 Å². The van der Waals surface area contributed by atoms with E-state index < -0.39 is 21.7 Å². The van der Waals surface area contributed by atoms with Gasteiger partial charge in [0.15, 0.2) is 0 Å². The number of aromatic nitrogens is 2. The zero-order valence-corrected chi connectivity index (χ0v) is 24.7. The molecule has 0 radical (unpaired) electrons. The predicted molar refractivity (Wildman–Crippen MR) is 162 cm³/mol. The highest BCUT2D eigenvalue weighted by molar-refractivity contribution is 7.90. The van der Waals surface area contributed by atoms with Crippen molar-refractivity contribution >= 4 is 32.7 Å². The topological polar surface area (TPSA) is 104 Å². The summed E-state index contributed by atoms with van der Waals surface area (Å²) in [6.45, 7) is 11.3. The number of aromatic amines is 1. The number of hydrogen-bond acceptors (Lipinski definition) is 6. The van der Waals surface area contributed by atoms with Gasteiger partial charge in [0.25, 0.3) is 15.9 Å². The smallest absolute Gasteiger partial charge is 0.268 e. The first kappa shape index (κ1) is 28.6. The molecule has 1 saturated heterocycles. The Kier molecular flexibility index (Phi) is 7.54. The highest BCUT2D eigenvalue weighted by Gasteiger charge is 2.39. The van der Waals surface area contributed by atoms with Gasteiger partial charge in [-0.05, 0) is 74.6 Å². The van der Waals surface area contributed by atoms with E-state index in [1.54, 1.807) is 42.6 Å². The molecular weight excluding hydrogens is 543 g/mol. The van der Waals surface area contributed by atoms with E-state index in [9.17, 15) is 17.6 Å². The average Bonchev–Trinajstić information content (AvgIpc) is 3.49. The second kappa shape index (κ2) is 10.8. The number of pyridine rings is 1. The molecule has 2 N–H and O–H groups in total. The molecule has 1 fully saturated rings. The lowest BCUT2D eigenvalue weighted by Gasteiger charge is -2.34. The summed E-state index contributed by atoms with van der Waals surface area (Å²) in [6, 6.07) is 14.1.